The topological polar surface area (TPSA) is 29.1 Å². The number of fused-ring (bicyclic) bond motifs is 3. The molecule has 0 fully saturated rings. The van der Waals surface area contributed by atoms with Gasteiger partial charge in [-0.1, -0.05) is 0 Å². The molecule has 189 valence electrons. The molecule has 1 N–H and O–H groups in total. The Hall–Kier alpha value is -1.97. The molecule has 0 bridgehead atoms. The molecular formula is C31H32Cl2NOSiZr. The van der Waals surface area contributed by atoms with Gasteiger partial charge in [-0.15, -0.1) is 0 Å². The zero-order valence-electron chi connectivity index (χ0n) is 21.1. The molecule has 0 saturated heterocycles. The number of amides is 1. The van der Waals surface area contributed by atoms with Crippen molar-refractivity contribution < 1.29 is 20.6 Å². The number of unbranched alkanes of at least 4 members (excludes halogenated alkanes) is 2. The van der Waals surface area contributed by atoms with Crippen molar-refractivity contribution in [1.82, 2.24) is 3.26 Å². The Morgan fingerprint density at radius 2 is 1.38 bits per heavy atom. The molecule has 1 amide bonds. The van der Waals surface area contributed by atoms with Crippen LogP contribution in [-0.2, 0) is 27.1 Å². The van der Waals surface area contributed by atoms with Crippen LogP contribution in [0.15, 0.2) is 103 Å². The van der Waals surface area contributed by atoms with Gasteiger partial charge in [-0.2, -0.15) is 0 Å². The zero-order chi connectivity index (χ0) is 25.9. The van der Waals surface area contributed by atoms with E-state index in [0.29, 0.717) is 6.42 Å². The van der Waals surface area contributed by atoms with Crippen LogP contribution in [0, 0.1) is 0 Å². The number of hydrogen-bond donors (Lipinski definition) is 1. The normalized spacial score (nSPS) is 13.5. The number of rotatable bonds is 9. The van der Waals surface area contributed by atoms with E-state index in [-0.39, 0.29) is 5.91 Å². The Labute approximate surface area is 229 Å². The molecule has 2 nitrogen and oxygen atoms in total. The van der Waals surface area contributed by atoms with Crippen molar-refractivity contribution in [2.24, 2.45) is 0 Å². The van der Waals surface area contributed by atoms with Crippen molar-refractivity contribution in [2.45, 2.75) is 39.0 Å². The molecule has 0 aliphatic heterocycles. The summed E-state index contributed by atoms with van der Waals surface area (Å²) in [5, 5.41) is 2.32. The first-order valence-electron chi connectivity index (χ1n) is 13.1. The van der Waals surface area contributed by atoms with Crippen LogP contribution >= 0.6 is 17.0 Å². The Bertz CT molecular complexity index is 1370. The maximum atomic E-state index is 13.6. The van der Waals surface area contributed by atoms with Gasteiger partial charge in [0.05, 0.1) is 0 Å². The summed E-state index contributed by atoms with van der Waals surface area (Å²) in [5.74, 6) is -2.37. The minimum atomic E-state index is -5.33. The van der Waals surface area contributed by atoms with Crippen LogP contribution in [0.1, 0.15) is 43.7 Å². The Kier molecular flexibility index (Phi) is 7.93. The van der Waals surface area contributed by atoms with Gasteiger partial charge in [0.15, 0.2) is 0 Å². The van der Waals surface area contributed by atoms with Crippen molar-refractivity contribution >= 4 is 42.5 Å². The van der Waals surface area contributed by atoms with Gasteiger partial charge in [0.25, 0.3) is 0 Å². The Morgan fingerprint density at radius 1 is 0.784 bits per heavy atom. The first-order chi connectivity index (χ1) is 17.9. The summed E-state index contributed by atoms with van der Waals surface area (Å²) >= 11 is -5.33. The second kappa shape index (κ2) is 11.0. The number of hydrogen-bond acceptors (Lipinski definition) is 1. The van der Waals surface area contributed by atoms with Gasteiger partial charge in [0.1, 0.15) is 0 Å². The van der Waals surface area contributed by atoms with Gasteiger partial charge in [0.2, 0.25) is 0 Å². The molecule has 0 atom stereocenters. The zero-order valence-corrected chi connectivity index (χ0v) is 26.2. The number of benzene rings is 4. The third kappa shape index (κ3) is 5.19. The van der Waals surface area contributed by atoms with Crippen molar-refractivity contribution in [1.29, 1.82) is 0 Å². The van der Waals surface area contributed by atoms with E-state index in [1.54, 1.807) is 0 Å². The van der Waals surface area contributed by atoms with Crippen molar-refractivity contribution in [3.05, 3.63) is 114 Å². The average molecular weight is 625 g/mol. The summed E-state index contributed by atoms with van der Waals surface area (Å²) in [6.45, 7) is 2.14. The maximum absolute atomic E-state index is 13.6. The van der Waals surface area contributed by atoms with E-state index in [1.807, 2.05) is 12.1 Å². The fourth-order valence-electron chi connectivity index (χ4n) is 5.80. The molecule has 0 heterocycles. The molecule has 1 aliphatic rings. The summed E-state index contributed by atoms with van der Waals surface area (Å²) < 4.78 is 4.45. The molecule has 4 aromatic carbocycles. The van der Waals surface area contributed by atoms with E-state index in [9.17, 15) is 4.79 Å². The van der Waals surface area contributed by atoms with E-state index >= 15 is 0 Å². The SMILES string of the molecule is CCCCCC(=O)[NH][Zr]([Cl])([Cl])([c]1cccc2c1Cc1ccccc1-2)[SiH](c1ccccc1)c1ccccc1. The van der Waals surface area contributed by atoms with Gasteiger partial charge in [-0.25, -0.2) is 0 Å². The summed E-state index contributed by atoms with van der Waals surface area (Å²) in [5.41, 5.74) is 4.88. The minimum absolute atomic E-state index is 0.0263. The number of nitrogens with one attached hydrogen (secondary N) is 1. The molecule has 37 heavy (non-hydrogen) atoms. The predicted octanol–water partition coefficient (Wildman–Crippen LogP) is 6.03. The van der Waals surface area contributed by atoms with Gasteiger partial charge < -0.3 is 0 Å². The van der Waals surface area contributed by atoms with Gasteiger partial charge >= 0.3 is 231 Å². The van der Waals surface area contributed by atoms with E-state index in [4.69, 9.17) is 17.0 Å². The summed E-state index contributed by atoms with van der Waals surface area (Å²) in [7, 11) is 16.2. The van der Waals surface area contributed by atoms with Crippen LogP contribution in [0.5, 0.6) is 0 Å². The molecule has 0 aromatic heterocycles. The second-order valence-corrected chi connectivity index (χ2v) is 45.3. The van der Waals surface area contributed by atoms with Crippen LogP contribution in [0.2, 0.25) is 0 Å². The molecule has 0 spiro atoms. The van der Waals surface area contributed by atoms with E-state index in [0.717, 1.165) is 39.3 Å². The quantitative estimate of drug-likeness (QED) is 0.158. The molecule has 1 aliphatic carbocycles. The van der Waals surface area contributed by atoms with Crippen LogP contribution < -0.4 is 16.9 Å². The second-order valence-electron chi connectivity index (χ2n) is 10.0. The summed E-state index contributed by atoms with van der Waals surface area (Å²) in [6, 6.07) is 35.7. The molecule has 4 aromatic rings. The van der Waals surface area contributed by atoms with Gasteiger partial charge in [0, 0.05) is 0 Å². The third-order valence-electron chi connectivity index (χ3n) is 7.49. The van der Waals surface area contributed by atoms with Crippen molar-refractivity contribution in [2.75, 3.05) is 0 Å². The molecule has 0 radical (unpaired) electrons. The molecular weight excluding hydrogens is 593 g/mol. The first kappa shape index (κ1) is 26.6. The van der Waals surface area contributed by atoms with Crippen LogP contribution in [0.4, 0.5) is 0 Å². The van der Waals surface area contributed by atoms with E-state index in [2.05, 4.69) is 101 Å². The number of carbonyl (C=O) groups is 1. The Balaban J connectivity index is 1.74. The fourth-order valence-corrected chi connectivity index (χ4v) is 43.5. The van der Waals surface area contributed by atoms with Gasteiger partial charge in [-0.05, 0) is 0 Å². The van der Waals surface area contributed by atoms with Crippen LogP contribution in [0.25, 0.3) is 11.1 Å². The summed E-state index contributed by atoms with van der Waals surface area (Å²) in [6.07, 6.45) is 4.12. The standard InChI is InChI=1S/C13H9.C12H11Si.C6H13NO.2ClH.Zr/c1-3-7-12-10(5-1)9-11-6-2-4-8-13(11)12;1-3-7-11(8-4-1)13-12-9-5-2-6-10-12;1-2-3-4-5-6(7)8;;;/h1-5,7-8H,9H2;1-10,13H;2-5H2,1H3,(H2,7,8);2*1H;/q;;;;;+3/p-3. The Morgan fingerprint density at radius 3 is 2.03 bits per heavy atom. The monoisotopic (exact) mass is 622 g/mol. The van der Waals surface area contributed by atoms with Crippen LogP contribution in [-0.4, -0.2) is 11.8 Å². The first-order valence-corrected chi connectivity index (χ1v) is 27.9. The molecule has 0 saturated carbocycles. The van der Waals surface area contributed by atoms with Crippen molar-refractivity contribution in [3.8, 4) is 11.1 Å². The van der Waals surface area contributed by atoms with E-state index in [1.165, 1.54) is 22.3 Å². The molecule has 0 unspecified atom stereocenters. The van der Waals surface area contributed by atoms with Crippen LogP contribution in [0.3, 0.4) is 0 Å². The fraction of sp³-hybridized carbons (Fsp3) is 0.194. The molecule has 6 heteroatoms. The van der Waals surface area contributed by atoms with Gasteiger partial charge in [-0.3, -0.25) is 0 Å². The number of carbonyl (C=O) groups excluding carboxylic acids is 1. The van der Waals surface area contributed by atoms with Crippen molar-refractivity contribution in [3.63, 3.8) is 0 Å². The summed E-state index contributed by atoms with van der Waals surface area (Å²) in [4.78, 5) is 13.6. The molecule has 5 rings (SSSR count). The predicted molar refractivity (Wildman–Crippen MR) is 158 cm³/mol. The average Bonchev–Trinajstić information content (AvgIpc) is 3.29. The van der Waals surface area contributed by atoms with E-state index < -0.39 is 21.8 Å². The number of halogens is 2. The third-order valence-corrected chi connectivity index (χ3v) is 42.4.